The molecule has 26 heavy (non-hydrogen) atoms. The van der Waals surface area contributed by atoms with Gasteiger partial charge in [-0.1, -0.05) is 29.8 Å². The standard InChI is InChI=1S/C21H24ClN3O/c22-20-19(12-24-25(20)17-4-2-1-3-5-17)21(26)23-11-18-15-7-13-6-14(9-15)10-16(18)8-13/h1-5,12-16,18H,6-11H2,(H,23,26). The number of halogens is 1. The summed E-state index contributed by atoms with van der Waals surface area (Å²) in [5.74, 6) is 4.09. The molecule has 4 saturated carbocycles. The molecule has 4 aliphatic carbocycles. The second-order valence-corrected chi connectivity index (χ2v) is 8.76. The van der Waals surface area contributed by atoms with Crippen molar-refractivity contribution in [3.63, 3.8) is 0 Å². The monoisotopic (exact) mass is 369 g/mol. The van der Waals surface area contributed by atoms with Crippen LogP contribution in [0.2, 0.25) is 5.15 Å². The maximum absolute atomic E-state index is 12.7. The molecule has 1 heterocycles. The zero-order chi connectivity index (χ0) is 17.7. The van der Waals surface area contributed by atoms with Crippen LogP contribution in [-0.4, -0.2) is 22.2 Å². The Morgan fingerprint density at radius 2 is 1.73 bits per heavy atom. The molecule has 5 heteroatoms. The lowest BCUT2D eigenvalue weighted by molar-refractivity contribution is -0.0347. The van der Waals surface area contributed by atoms with E-state index in [1.165, 1.54) is 32.1 Å². The highest BCUT2D eigenvalue weighted by molar-refractivity contribution is 6.33. The van der Waals surface area contributed by atoms with Crippen molar-refractivity contribution in [1.82, 2.24) is 15.1 Å². The first kappa shape index (κ1) is 16.4. The average Bonchev–Trinajstić information content (AvgIpc) is 3.02. The van der Waals surface area contributed by atoms with Crippen molar-refractivity contribution >= 4 is 17.5 Å². The van der Waals surface area contributed by atoms with Crippen LogP contribution < -0.4 is 5.32 Å². The van der Waals surface area contributed by atoms with E-state index in [1.807, 2.05) is 30.3 Å². The third kappa shape index (κ3) is 2.75. The molecule has 0 atom stereocenters. The highest BCUT2D eigenvalue weighted by atomic mass is 35.5. The molecule has 4 bridgehead atoms. The summed E-state index contributed by atoms with van der Waals surface area (Å²) >= 11 is 6.44. The molecule has 4 nitrogen and oxygen atoms in total. The summed E-state index contributed by atoms with van der Waals surface area (Å²) in [5, 5.41) is 7.83. The Balaban J connectivity index is 1.27. The van der Waals surface area contributed by atoms with Crippen LogP contribution in [0.15, 0.2) is 36.5 Å². The molecule has 2 aromatic rings. The molecule has 1 amide bonds. The Morgan fingerprint density at radius 1 is 1.08 bits per heavy atom. The summed E-state index contributed by atoms with van der Waals surface area (Å²) in [7, 11) is 0. The summed E-state index contributed by atoms with van der Waals surface area (Å²) in [5.41, 5.74) is 1.32. The largest absolute Gasteiger partial charge is 0.352 e. The van der Waals surface area contributed by atoms with Crippen LogP contribution in [0.1, 0.15) is 42.5 Å². The number of amides is 1. The molecule has 0 aliphatic heterocycles. The van der Waals surface area contributed by atoms with Gasteiger partial charge in [0.1, 0.15) is 5.15 Å². The van der Waals surface area contributed by atoms with Crippen LogP contribution in [0.25, 0.3) is 5.69 Å². The number of hydrogen-bond donors (Lipinski definition) is 1. The maximum Gasteiger partial charge on any atom is 0.256 e. The fourth-order valence-electron chi connectivity index (χ4n) is 5.91. The van der Waals surface area contributed by atoms with E-state index in [0.717, 1.165) is 35.9 Å². The van der Waals surface area contributed by atoms with Crippen LogP contribution in [0, 0.1) is 29.6 Å². The molecule has 0 saturated heterocycles. The summed E-state index contributed by atoms with van der Waals surface area (Å²) < 4.78 is 1.61. The van der Waals surface area contributed by atoms with E-state index < -0.39 is 0 Å². The number of para-hydroxylation sites is 1. The summed E-state index contributed by atoms with van der Waals surface area (Å²) in [6.45, 7) is 0.778. The topological polar surface area (TPSA) is 46.9 Å². The number of carbonyl (C=O) groups is 1. The zero-order valence-electron chi connectivity index (χ0n) is 14.8. The highest BCUT2D eigenvalue weighted by Gasteiger charge is 2.47. The predicted molar refractivity (Wildman–Crippen MR) is 101 cm³/mol. The fourth-order valence-corrected chi connectivity index (χ4v) is 6.19. The van der Waals surface area contributed by atoms with E-state index >= 15 is 0 Å². The molecule has 6 rings (SSSR count). The molecule has 0 unspecified atom stereocenters. The van der Waals surface area contributed by atoms with Gasteiger partial charge in [0.15, 0.2) is 0 Å². The van der Waals surface area contributed by atoms with Gasteiger partial charge in [-0.15, -0.1) is 0 Å². The SMILES string of the molecule is O=C(NCC1C2CC3CC(C2)CC1C3)c1cnn(-c2ccccc2)c1Cl. The van der Waals surface area contributed by atoms with Crippen molar-refractivity contribution in [3.05, 3.63) is 47.2 Å². The fraction of sp³-hybridized carbons (Fsp3) is 0.524. The Kier molecular flexibility index (Phi) is 4.04. The minimum absolute atomic E-state index is 0.106. The molecule has 0 radical (unpaired) electrons. The van der Waals surface area contributed by atoms with Crippen molar-refractivity contribution < 1.29 is 4.79 Å². The third-order valence-electron chi connectivity index (χ3n) is 6.88. The predicted octanol–water partition coefficient (Wildman–Crippen LogP) is 4.33. The minimum Gasteiger partial charge on any atom is -0.352 e. The minimum atomic E-state index is -0.106. The van der Waals surface area contributed by atoms with Gasteiger partial charge in [-0.2, -0.15) is 5.10 Å². The first-order valence-electron chi connectivity index (χ1n) is 9.76. The van der Waals surface area contributed by atoms with Gasteiger partial charge in [-0.05, 0) is 73.8 Å². The average molecular weight is 370 g/mol. The van der Waals surface area contributed by atoms with Crippen LogP contribution in [0.5, 0.6) is 0 Å². The number of hydrogen-bond acceptors (Lipinski definition) is 2. The van der Waals surface area contributed by atoms with Crippen molar-refractivity contribution in [2.45, 2.75) is 32.1 Å². The van der Waals surface area contributed by atoms with Gasteiger partial charge in [0.05, 0.1) is 17.4 Å². The van der Waals surface area contributed by atoms with Crippen molar-refractivity contribution in [3.8, 4) is 5.69 Å². The lowest BCUT2D eigenvalue weighted by Crippen LogP contribution is -2.49. The zero-order valence-corrected chi connectivity index (χ0v) is 15.5. The lowest BCUT2D eigenvalue weighted by Gasteiger charge is -2.54. The highest BCUT2D eigenvalue weighted by Crippen LogP contribution is 2.56. The molecule has 1 N–H and O–H groups in total. The normalized spacial score (nSPS) is 32.0. The number of nitrogens with zero attached hydrogens (tertiary/aromatic N) is 2. The van der Waals surface area contributed by atoms with E-state index in [1.54, 1.807) is 10.9 Å². The smallest absolute Gasteiger partial charge is 0.256 e. The number of rotatable bonds is 4. The summed E-state index contributed by atoms with van der Waals surface area (Å²) in [6.07, 6.45) is 8.53. The van der Waals surface area contributed by atoms with Crippen LogP contribution >= 0.6 is 11.6 Å². The molecule has 1 aromatic carbocycles. The second kappa shape index (κ2) is 6.41. The summed E-state index contributed by atoms with van der Waals surface area (Å²) in [6, 6.07) is 9.66. The van der Waals surface area contributed by atoms with Crippen molar-refractivity contribution in [2.75, 3.05) is 6.54 Å². The quantitative estimate of drug-likeness (QED) is 0.872. The molecule has 0 spiro atoms. The Hall–Kier alpha value is -1.81. The van der Waals surface area contributed by atoms with Gasteiger partial charge < -0.3 is 5.32 Å². The Bertz CT molecular complexity index is 788. The molecular weight excluding hydrogens is 346 g/mol. The van der Waals surface area contributed by atoms with E-state index in [-0.39, 0.29) is 5.91 Å². The Labute approximate surface area is 158 Å². The van der Waals surface area contributed by atoms with Crippen LogP contribution in [0.4, 0.5) is 0 Å². The first-order valence-corrected chi connectivity index (χ1v) is 10.1. The maximum atomic E-state index is 12.7. The first-order chi connectivity index (χ1) is 12.7. The van der Waals surface area contributed by atoms with Gasteiger partial charge >= 0.3 is 0 Å². The number of carbonyl (C=O) groups excluding carboxylic acids is 1. The lowest BCUT2D eigenvalue weighted by atomic mass is 9.52. The summed E-state index contributed by atoms with van der Waals surface area (Å²) in [4.78, 5) is 12.7. The van der Waals surface area contributed by atoms with E-state index in [2.05, 4.69) is 10.4 Å². The van der Waals surface area contributed by atoms with E-state index in [0.29, 0.717) is 16.6 Å². The van der Waals surface area contributed by atoms with E-state index in [9.17, 15) is 4.79 Å². The van der Waals surface area contributed by atoms with Crippen LogP contribution in [-0.2, 0) is 0 Å². The molecule has 1 aromatic heterocycles. The molecule has 4 aliphatic rings. The molecule has 4 fully saturated rings. The van der Waals surface area contributed by atoms with E-state index in [4.69, 9.17) is 11.6 Å². The second-order valence-electron chi connectivity index (χ2n) is 8.40. The third-order valence-corrected chi connectivity index (χ3v) is 7.24. The number of aromatic nitrogens is 2. The van der Waals surface area contributed by atoms with Gasteiger partial charge in [0, 0.05) is 6.54 Å². The van der Waals surface area contributed by atoms with Crippen molar-refractivity contribution in [1.29, 1.82) is 0 Å². The van der Waals surface area contributed by atoms with Crippen LogP contribution in [0.3, 0.4) is 0 Å². The Morgan fingerprint density at radius 3 is 2.38 bits per heavy atom. The van der Waals surface area contributed by atoms with Crippen molar-refractivity contribution in [2.24, 2.45) is 29.6 Å². The number of benzene rings is 1. The van der Waals surface area contributed by atoms with Gasteiger partial charge in [-0.25, -0.2) is 4.68 Å². The van der Waals surface area contributed by atoms with Gasteiger partial charge in [0.25, 0.3) is 5.91 Å². The molecule has 136 valence electrons. The molecular formula is C21H24ClN3O. The van der Waals surface area contributed by atoms with Gasteiger partial charge in [0.2, 0.25) is 0 Å². The number of nitrogens with one attached hydrogen (secondary N) is 1. The van der Waals surface area contributed by atoms with Gasteiger partial charge in [-0.3, -0.25) is 4.79 Å².